The van der Waals surface area contributed by atoms with Crippen molar-refractivity contribution in [1.82, 2.24) is 19.9 Å². The third kappa shape index (κ3) is 3.59. The molecule has 0 spiro atoms. The Bertz CT molecular complexity index is 1220. The monoisotopic (exact) mass is 391 g/mol. The molecule has 2 N–H and O–H groups in total. The number of halogens is 1. The molecular weight excluding hydrogens is 374 g/mol. The molecule has 4 aromatic heterocycles. The van der Waals surface area contributed by atoms with E-state index in [0.29, 0.717) is 22.1 Å². The zero-order valence-electron chi connectivity index (χ0n) is 15.4. The van der Waals surface area contributed by atoms with E-state index in [1.807, 2.05) is 44.3 Å². The highest BCUT2D eigenvalue weighted by atomic mass is 35.5. The van der Waals surface area contributed by atoms with Crippen molar-refractivity contribution in [3.63, 3.8) is 0 Å². The maximum Gasteiger partial charge on any atom is 0.254 e. The second kappa shape index (κ2) is 7.40. The first-order chi connectivity index (χ1) is 13.5. The Labute approximate surface area is 166 Å². The number of aryl methyl sites for hydroxylation is 1. The van der Waals surface area contributed by atoms with Gasteiger partial charge in [-0.15, -0.1) is 0 Å². The molecule has 0 bridgehead atoms. The van der Waals surface area contributed by atoms with E-state index in [2.05, 4.69) is 25.3 Å². The van der Waals surface area contributed by atoms with Crippen molar-refractivity contribution in [1.29, 1.82) is 0 Å². The molecule has 0 fully saturated rings. The standard InChI is InChI=1S/C21H18ClN5O/c1-12-10-23-5-4-17(12)14-3-6-24-19(9-14)26-13(2)18-8-15-7-16(22)11-25-20(15)27-21(18)28/h3-11,13H,1-2H3,(H,24,26)(H,25,27,28)/t13-/m0/s1. The molecule has 28 heavy (non-hydrogen) atoms. The lowest BCUT2D eigenvalue weighted by molar-refractivity contribution is 0.856. The molecule has 0 aliphatic rings. The number of hydrogen-bond acceptors (Lipinski definition) is 5. The van der Waals surface area contributed by atoms with Crippen molar-refractivity contribution in [2.24, 2.45) is 0 Å². The summed E-state index contributed by atoms with van der Waals surface area (Å²) in [5, 5.41) is 4.61. The zero-order chi connectivity index (χ0) is 19.7. The van der Waals surface area contributed by atoms with E-state index in [9.17, 15) is 4.79 Å². The summed E-state index contributed by atoms with van der Waals surface area (Å²) in [5.41, 5.74) is 4.12. The average Bonchev–Trinajstić information content (AvgIpc) is 2.68. The van der Waals surface area contributed by atoms with Crippen LogP contribution in [0.1, 0.15) is 24.1 Å². The quantitative estimate of drug-likeness (QED) is 0.534. The topological polar surface area (TPSA) is 83.6 Å². The summed E-state index contributed by atoms with van der Waals surface area (Å²) in [6.45, 7) is 3.94. The smallest absolute Gasteiger partial charge is 0.254 e. The lowest BCUT2D eigenvalue weighted by Crippen LogP contribution is -2.20. The van der Waals surface area contributed by atoms with Gasteiger partial charge in [0, 0.05) is 35.7 Å². The molecule has 4 rings (SSSR count). The normalized spacial score (nSPS) is 12.1. The Morgan fingerprint density at radius 2 is 1.96 bits per heavy atom. The Morgan fingerprint density at radius 3 is 2.79 bits per heavy atom. The van der Waals surface area contributed by atoms with Crippen molar-refractivity contribution in [2.75, 3.05) is 5.32 Å². The minimum Gasteiger partial charge on any atom is -0.363 e. The number of anilines is 1. The fourth-order valence-electron chi connectivity index (χ4n) is 3.18. The van der Waals surface area contributed by atoms with Gasteiger partial charge in [0.15, 0.2) is 0 Å². The number of aromatic amines is 1. The van der Waals surface area contributed by atoms with Gasteiger partial charge in [0.05, 0.1) is 11.1 Å². The molecule has 0 saturated heterocycles. The van der Waals surface area contributed by atoms with Gasteiger partial charge in [-0.3, -0.25) is 9.78 Å². The van der Waals surface area contributed by atoms with Crippen LogP contribution in [-0.4, -0.2) is 19.9 Å². The van der Waals surface area contributed by atoms with Gasteiger partial charge in [-0.2, -0.15) is 0 Å². The van der Waals surface area contributed by atoms with E-state index in [4.69, 9.17) is 11.6 Å². The first-order valence-electron chi connectivity index (χ1n) is 8.83. The molecule has 0 saturated carbocycles. The van der Waals surface area contributed by atoms with Crippen LogP contribution in [0.15, 0.2) is 59.9 Å². The second-order valence-electron chi connectivity index (χ2n) is 6.63. The molecule has 4 aromatic rings. The first kappa shape index (κ1) is 18.1. The van der Waals surface area contributed by atoms with Gasteiger partial charge in [0.2, 0.25) is 0 Å². The largest absolute Gasteiger partial charge is 0.363 e. The van der Waals surface area contributed by atoms with E-state index in [0.717, 1.165) is 22.1 Å². The number of nitrogens with zero attached hydrogens (tertiary/aromatic N) is 3. The minimum atomic E-state index is -0.256. The van der Waals surface area contributed by atoms with Crippen molar-refractivity contribution in [3.05, 3.63) is 81.6 Å². The molecule has 4 heterocycles. The van der Waals surface area contributed by atoms with Gasteiger partial charge < -0.3 is 10.3 Å². The van der Waals surface area contributed by atoms with Gasteiger partial charge in [-0.1, -0.05) is 11.6 Å². The minimum absolute atomic E-state index is 0.191. The first-order valence-corrected chi connectivity index (χ1v) is 9.21. The molecule has 0 amide bonds. The number of fused-ring (bicyclic) bond motifs is 1. The molecule has 0 aromatic carbocycles. The van der Waals surface area contributed by atoms with E-state index < -0.39 is 0 Å². The summed E-state index contributed by atoms with van der Waals surface area (Å²) >= 11 is 6.02. The van der Waals surface area contributed by atoms with Crippen LogP contribution in [0.4, 0.5) is 5.82 Å². The predicted octanol–water partition coefficient (Wildman–Crippen LogP) is 4.52. The number of aromatic nitrogens is 4. The molecule has 0 aliphatic carbocycles. The molecule has 0 unspecified atom stereocenters. The van der Waals surface area contributed by atoms with Crippen LogP contribution in [0.5, 0.6) is 0 Å². The summed E-state index contributed by atoms with van der Waals surface area (Å²) in [7, 11) is 0. The van der Waals surface area contributed by atoms with Gasteiger partial charge in [-0.25, -0.2) is 9.97 Å². The lowest BCUT2D eigenvalue weighted by Gasteiger charge is -2.15. The number of nitrogens with one attached hydrogen (secondary N) is 2. The highest BCUT2D eigenvalue weighted by Crippen LogP contribution is 2.25. The van der Waals surface area contributed by atoms with Crippen LogP contribution in [0.3, 0.4) is 0 Å². The van der Waals surface area contributed by atoms with Crippen molar-refractivity contribution < 1.29 is 0 Å². The average molecular weight is 392 g/mol. The predicted molar refractivity (Wildman–Crippen MR) is 112 cm³/mol. The van der Waals surface area contributed by atoms with Gasteiger partial charge >= 0.3 is 0 Å². The number of pyridine rings is 4. The van der Waals surface area contributed by atoms with Crippen molar-refractivity contribution in [3.8, 4) is 11.1 Å². The molecule has 140 valence electrons. The maximum absolute atomic E-state index is 12.5. The maximum atomic E-state index is 12.5. The molecule has 0 radical (unpaired) electrons. The Balaban J connectivity index is 1.66. The summed E-state index contributed by atoms with van der Waals surface area (Å²) in [4.78, 5) is 28.0. The highest BCUT2D eigenvalue weighted by Gasteiger charge is 2.13. The number of hydrogen-bond donors (Lipinski definition) is 2. The summed E-state index contributed by atoms with van der Waals surface area (Å²) in [6.07, 6.45) is 6.86. The van der Waals surface area contributed by atoms with Crippen LogP contribution in [0, 0.1) is 6.92 Å². The summed E-state index contributed by atoms with van der Waals surface area (Å²) in [5.74, 6) is 0.685. The van der Waals surface area contributed by atoms with E-state index >= 15 is 0 Å². The van der Waals surface area contributed by atoms with Crippen LogP contribution >= 0.6 is 11.6 Å². The third-order valence-corrected chi connectivity index (χ3v) is 4.82. The van der Waals surface area contributed by atoms with Crippen LogP contribution in [0.25, 0.3) is 22.2 Å². The summed E-state index contributed by atoms with van der Waals surface area (Å²) in [6, 6.07) is 9.22. The van der Waals surface area contributed by atoms with Crippen molar-refractivity contribution in [2.45, 2.75) is 19.9 Å². The Hall–Kier alpha value is -3.25. The van der Waals surface area contributed by atoms with Crippen LogP contribution in [0.2, 0.25) is 5.02 Å². The molecular formula is C21H18ClN5O. The van der Waals surface area contributed by atoms with Gasteiger partial charge in [0.25, 0.3) is 5.56 Å². The summed E-state index contributed by atoms with van der Waals surface area (Å²) < 4.78 is 0. The molecule has 0 aliphatic heterocycles. The van der Waals surface area contributed by atoms with Gasteiger partial charge in [0.1, 0.15) is 11.5 Å². The van der Waals surface area contributed by atoms with Gasteiger partial charge in [-0.05, 0) is 60.9 Å². The molecule has 6 nitrogen and oxygen atoms in total. The van der Waals surface area contributed by atoms with Crippen molar-refractivity contribution >= 4 is 28.5 Å². The van der Waals surface area contributed by atoms with Crippen LogP contribution < -0.4 is 10.9 Å². The number of H-pyrrole nitrogens is 1. The Kier molecular flexibility index (Phi) is 4.79. The number of rotatable bonds is 4. The lowest BCUT2D eigenvalue weighted by atomic mass is 10.0. The van der Waals surface area contributed by atoms with E-state index in [1.54, 1.807) is 18.5 Å². The fraction of sp³-hybridized carbons (Fsp3) is 0.143. The highest BCUT2D eigenvalue weighted by molar-refractivity contribution is 6.31. The SMILES string of the molecule is Cc1cnccc1-c1ccnc(N[C@@H](C)c2cc3cc(Cl)cnc3[nH]c2=O)c1. The fourth-order valence-corrected chi connectivity index (χ4v) is 3.34. The van der Waals surface area contributed by atoms with Crippen LogP contribution in [-0.2, 0) is 0 Å². The van der Waals surface area contributed by atoms with E-state index in [-0.39, 0.29) is 11.6 Å². The third-order valence-electron chi connectivity index (χ3n) is 4.61. The second-order valence-corrected chi connectivity index (χ2v) is 7.07. The molecule has 1 atom stereocenters. The van der Waals surface area contributed by atoms with E-state index in [1.165, 1.54) is 6.20 Å². The Morgan fingerprint density at radius 1 is 1.11 bits per heavy atom. The zero-order valence-corrected chi connectivity index (χ0v) is 16.2. The molecule has 7 heteroatoms.